The number of anilines is 1. The van der Waals surface area contributed by atoms with Crippen LogP contribution in [0.25, 0.3) is 0 Å². The fourth-order valence-electron chi connectivity index (χ4n) is 2.22. The summed E-state index contributed by atoms with van der Waals surface area (Å²) in [5.74, 6) is -1.05. The van der Waals surface area contributed by atoms with Crippen molar-refractivity contribution in [2.24, 2.45) is 0 Å². The van der Waals surface area contributed by atoms with Crippen molar-refractivity contribution in [3.05, 3.63) is 62.7 Å². The van der Waals surface area contributed by atoms with Gasteiger partial charge in [-0.05, 0) is 31.2 Å². The number of nitro groups is 1. The van der Waals surface area contributed by atoms with Gasteiger partial charge in [-0.1, -0.05) is 17.7 Å². The number of benzene rings is 2. The van der Waals surface area contributed by atoms with Crippen molar-refractivity contribution in [3.8, 4) is 5.75 Å². The van der Waals surface area contributed by atoms with Gasteiger partial charge in [-0.3, -0.25) is 14.9 Å². The minimum Gasteiger partial charge on any atom is -0.495 e. The molecule has 0 aliphatic heterocycles. The Bertz CT molecular complexity index is 868. The third-order valence-corrected chi connectivity index (χ3v) is 3.73. The molecule has 2 rings (SSSR count). The number of hydrogen-bond donors (Lipinski definition) is 1. The third kappa shape index (κ3) is 4.48. The summed E-state index contributed by atoms with van der Waals surface area (Å²) < 4.78 is 10.0. The minimum atomic E-state index is -0.834. The maximum atomic E-state index is 12.1. The molecule has 0 bridgehead atoms. The predicted molar refractivity (Wildman–Crippen MR) is 94.7 cm³/mol. The van der Waals surface area contributed by atoms with E-state index in [4.69, 9.17) is 21.1 Å². The Morgan fingerprint density at radius 2 is 2.00 bits per heavy atom. The van der Waals surface area contributed by atoms with E-state index in [1.54, 1.807) is 12.1 Å². The van der Waals surface area contributed by atoms with Gasteiger partial charge < -0.3 is 14.8 Å². The highest BCUT2D eigenvalue weighted by atomic mass is 35.5. The van der Waals surface area contributed by atoms with Crippen LogP contribution in [0, 0.1) is 17.0 Å². The zero-order valence-corrected chi connectivity index (χ0v) is 14.7. The van der Waals surface area contributed by atoms with Gasteiger partial charge in [0.15, 0.2) is 6.61 Å². The SMILES string of the molecule is COc1ccc(Cl)cc1NC(=O)COC(=O)c1cccc([N+](=O)[O-])c1C. The summed E-state index contributed by atoms with van der Waals surface area (Å²) in [6.07, 6.45) is 0. The van der Waals surface area contributed by atoms with E-state index in [-0.39, 0.29) is 16.8 Å². The Balaban J connectivity index is 2.04. The predicted octanol–water partition coefficient (Wildman–Crippen LogP) is 3.36. The molecule has 0 aliphatic rings. The molecule has 0 aromatic heterocycles. The topological polar surface area (TPSA) is 108 Å². The van der Waals surface area contributed by atoms with E-state index >= 15 is 0 Å². The summed E-state index contributed by atoms with van der Waals surface area (Å²) in [5.41, 5.74) is 0.312. The Morgan fingerprint density at radius 1 is 1.27 bits per heavy atom. The molecule has 26 heavy (non-hydrogen) atoms. The zero-order chi connectivity index (χ0) is 19.3. The van der Waals surface area contributed by atoms with Gasteiger partial charge in [0.2, 0.25) is 0 Å². The van der Waals surface area contributed by atoms with Crippen LogP contribution >= 0.6 is 11.6 Å². The Labute approximate surface area is 153 Å². The standard InChI is InChI=1S/C17H15ClN2O6/c1-10-12(4-3-5-14(10)20(23)24)17(22)26-9-16(21)19-13-8-11(18)6-7-15(13)25-2/h3-8H,9H2,1-2H3,(H,19,21). The number of nitrogens with one attached hydrogen (secondary N) is 1. The van der Waals surface area contributed by atoms with Gasteiger partial charge in [-0.25, -0.2) is 4.79 Å². The second-order valence-electron chi connectivity index (χ2n) is 5.18. The van der Waals surface area contributed by atoms with Gasteiger partial charge in [0.05, 0.1) is 23.3 Å². The highest BCUT2D eigenvalue weighted by molar-refractivity contribution is 6.31. The number of carbonyl (C=O) groups is 2. The molecule has 0 unspecified atom stereocenters. The van der Waals surface area contributed by atoms with E-state index in [0.29, 0.717) is 16.5 Å². The monoisotopic (exact) mass is 378 g/mol. The lowest BCUT2D eigenvalue weighted by molar-refractivity contribution is -0.385. The molecule has 0 atom stereocenters. The van der Waals surface area contributed by atoms with Crippen LogP contribution in [0.4, 0.5) is 11.4 Å². The summed E-state index contributed by atoms with van der Waals surface area (Å²) in [6, 6.07) is 8.72. The number of ether oxygens (including phenoxy) is 2. The summed E-state index contributed by atoms with van der Waals surface area (Å²) in [6.45, 7) is 0.863. The lowest BCUT2D eigenvalue weighted by Crippen LogP contribution is -2.21. The fourth-order valence-corrected chi connectivity index (χ4v) is 2.39. The number of hydrogen-bond acceptors (Lipinski definition) is 6. The first-order valence-electron chi connectivity index (χ1n) is 7.38. The van der Waals surface area contributed by atoms with E-state index < -0.39 is 23.4 Å². The van der Waals surface area contributed by atoms with Crippen LogP contribution in [-0.2, 0) is 9.53 Å². The van der Waals surface area contributed by atoms with Crippen LogP contribution in [0.5, 0.6) is 5.75 Å². The summed E-state index contributed by atoms with van der Waals surface area (Å²) >= 11 is 5.88. The molecule has 9 heteroatoms. The van der Waals surface area contributed by atoms with Crippen LogP contribution in [-0.4, -0.2) is 30.5 Å². The molecular formula is C17H15ClN2O6. The molecule has 0 fully saturated rings. The molecule has 2 aromatic rings. The van der Waals surface area contributed by atoms with Crippen LogP contribution in [0.2, 0.25) is 5.02 Å². The quantitative estimate of drug-likeness (QED) is 0.469. The minimum absolute atomic E-state index is 0.0207. The first kappa shape index (κ1) is 19.2. The van der Waals surface area contributed by atoms with E-state index in [0.717, 1.165) is 0 Å². The molecule has 2 aromatic carbocycles. The molecule has 1 N–H and O–H groups in total. The number of amides is 1. The number of esters is 1. The molecule has 1 amide bonds. The summed E-state index contributed by atoms with van der Waals surface area (Å²) in [7, 11) is 1.43. The highest BCUT2D eigenvalue weighted by Gasteiger charge is 2.20. The van der Waals surface area contributed by atoms with E-state index in [2.05, 4.69) is 5.32 Å². The van der Waals surface area contributed by atoms with Crippen LogP contribution in [0.1, 0.15) is 15.9 Å². The fraction of sp³-hybridized carbons (Fsp3) is 0.176. The molecule has 8 nitrogen and oxygen atoms in total. The van der Waals surface area contributed by atoms with Crippen molar-refractivity contribution < 1.29 is 24.0 Å². The second-order valence-corrected chi connectivity index (χ2v) is 5.61. The average molecular weight is 379 g/mol. The van der Waals surface area contributed by atoms with Crippen molar-refractivity contribution in [1.29, 1.82) is 0 Å². The molecule has 0 aliphatic carbocycles. The summed E-state index contributed by atoms with van der Waals surface area (Å²) in [5, 5.41) is 13.8. The molecule has 0 radical (unpaired) electrons. The zero-order valence-electron chi connectivity index (χ0n) is 13.9. The first-order valence-corrected chi connectivity index (χ1v) is 7.75. The van der Waals surface area contributed by atoms with Crippen molar-refractivity contribution in [2.45, 2.75) is 6.92 Å². The molecule has 0 saturated carbocycles. The molecule has 0 heterocycles. The normalized spacial score (nSPS) is 10.1. The van der Waals surface area contributed by atoms with Crippen LogP contribution < -0.4 is 10.1 Å². The Hall–Kier alpha value is -3.13. The van der Waals surface area contributed by atoms with Gasteiger partial charge in [-0.15, -0.1) is 0 Å². The van der Waals surface area contributed by atoms with E-state index in [1.165, 1.54) is 38.3 Å². The van der Waals surface area contributed by atoms with Crippen molar-refractivity contribution in [3.63, 3.8) is 0 Å². The number of nitrogens with zero attached hydrogens (tertiary/aromatic N) is 1. The molecular weight excluding hydrogens is 364 g/mol. The lowest BCUT2D eigenvalue weighted by atomic mass is 10.1. The van der Waals surface area contributed by atoms with Crippen LogP contribution in [0.15, 0.2) is 36.4 Å². The number of methoxy groups -OCH3 is 1. The molecule has 0 spiro atoms. The van der Waals surface area contributed by atoms with Crippen molar-refractivity contribution >= 4 is 34.9 Å². The van der Waals surface area contributed by atoms with Crippen molar-refractivity contribution in [2.75, 3.05) is 19.0 Å². The van der Waals surface area contributed by atoms with Gasteiger partial charge >= 0.3 is 5.97 Å². The lowest BCUT2D eigenvalue weighted by Gasteiger charge is -2.11. The second kappa shape index (κ2) is 8.30. The summed E-state index contributed by atoms with van der Waals surface area (Å²) in [4.78, 5) is 34.4. The van der Waals surface area contributed by atoms with Gasteiger partial charge in [0.25, 0.3) is 11.6 Å². The molecule has 136 valence electrons. The maximum Gasteiger partial charge on any atom is 0.339 e. The smallest absolute Gasteiger partial charge is 0.339 e. The van der Waals surface area contributed by atoms with Gasteiger partial charge in [-0.2, -0.15) is 0 Å². The maximum absolute atomic E-state index is 12.1. The third-order valence-electron chi connectivity index (χ3n) is 3.49. The highest BCUT2D eigenvalue weighted by Crippen LogP contribution is 2.27. The van der Waals surface area contributed by atoms with Crippen LogP contribution in [0.3, 0.4) is 0 Å². The average Bonchev–Trinajstić information content (AvgIpc) is 2.60. The van der Waals surface area contributed by atoms with E-state index in [1.807, 2.05) is 0 Å². The van der Waals surface area contributed by atoms with Gasteiger partial charge in [0.1, 0.15) is 5.75 Å². The van der Waals surface area contributed by atoms with E-state index in [9.17, 15) is 19.7 Å². The Morgan fingerprint density at radius 3 is 2.65 bits per heavy atom. The van der Waals surface area contributed by atoms with Crippen molar-refractivity contribution in [1.82, 2.24) is 0 Å². The Kier molecular flexibility index (Phi) is 6.13. The first-order chi connectivity index (χ1) is 12.3. The number of nitro benzene ring substituents is 1. The number of rotatable bonds is 6. The number of halogens is 1. The molecule has 0 saturated heterocycles. The number of carbonyl (C=O) groups excluding carboxylic acids is 2. The largest absolute Gasteiger partial charge is 0.495 e. The van der Waals surface area contributed by atoms with Gasteiger partial charge in [0, 0.05) is 16.7 Å².